The number of benzene rings is 2. The van der Waals surface area contributed by atoms with Crippen molar-refractivity contribution in [3.63, 3.8) is 0 Å². The molecule has 0 N–H and O–H groups in total. The Hall–Kier alpha value is -3.54. The highest BCUT2D eigenvalue weighted by Crippen LogP contribution is 2.38. The number of fused-ring (bicyclic) bond motifs is 1. The molecule has 150 valence electrons. The zero-order chi connectivity index (χ0) is 20.5. The Balaban J connectivity index is 1.78. The minimum Gasteiger partial charge on any atom is -0.494 e. The van der Waals surface area contributed by atoms with Gasteiger partial charge in [-0.3, -0.25) is 4.98 Å². The molecule has 30 heavy (non-hydrogen) atoms. The normalized spacial score (nSPS) is 13.7. The lowest BCUT2D eigenvalue weighted by atomic mass is 10.0. The fourth-order valence-corrected chi connectivity index (χ4v) is 3.97. The van der Waals surface area contributed by atoms with Crippen LogP contribution >= 0.6 is 0 Å². The summed E-state index contributed by atoms with van der Waals surface area (Å²) in [6.07, 6.45) is 5.77. The number of nitrogens with zero attached hydrogens (tertiary/aromatic N) is 4. The van der Waals surface area contributed by atoms with Crippen LogP contribution in [-0.4, -0.2) is 35.2 Å². The average molecular weight is 400 g/mol. The standard InChI is InChI=1S/C24H21FN4O/c1-30-21-14-18(16-6-4-8-19(25)12-16)13-20-22(21)27-23(17-7-5-9-26-15-17)28-24(20)29-10-2-3-11-29/h4-9,12-15H,2-3,10-11H2,1H3. The Kier molecular flexibility index (Phi) is 4.75. The first-order valence-electron chi connectivity index (χ1n) is 10.0. The van der Waals surface area contributed by atoms with Gasteiger partial charge in [-0.25, -0.2) is 14.4 Å². The summed E-state index contributed by atoms with van der Waals surface area (Å²) >= 11 is 0. The molecule has 0 aliphatic carbocycles. The molecule has 3 heterocycles. The molecule has 6 heteroatoms. The minimum absolute atomic E-state index is 0.269. The largest absolute Gasteiger partial charge is 0.494 e. The Labute approximate surface area is 174 Å². The van der Waals surface area contributed by atoms with Gasteiger partial charge in [-0.2, -0.15) is 0 Å². The van der Waals surface area contributed by atoms with Crippen LogP contribution < -0.4 is 9.64 Å². The lowest BCUT2D eigenvalue weighted by molar-refractivity contribution is 0.419. The summed E-state index contributed by atoms with van der Waals surface area (Å²) in [5.74, 6) is 1.87. The van der Waals surface area contributed by atoms with Gasteiger partial charge >= 0.3 is 0 Å². The first kappa shape index (κ1) is 18.5. The van der Waals surface area contributed by atoms with E-state index in [1.54, 1.807) is 25.6 Å². The molecule has 0 bridgehead atoms. The van der Waals surface area contributed by atoms with Crippen molar-refractivity contribution in [1.29, 1.82) is 0 Å². The van der Waals surface area contributed by atoms with Crippen molar-refractivity contribution in [1.82, 2.24) is 15.0 Å². The quantitative estimate of drug-likeness (QED) is 0.477. The number of methoxy groups -OCH3 is 1. The van der Waals surface area contributed by atoms with Gasteiger partial charge in [-0.15, -0.1) is 0 Å². The zero-order valence-corrected chi connectivity index (χ0v) is 16.7. The van der Waals surface area contributed by atoms with Gasteiger partial charge in [0.25, 0.3) is 0 Å². The molecule has 0 amide bonds. The molecule has 0 atom stereocenters. The molecular formula is C24H21FN4O. The third kappa shape index (κ3) is 3.34. The number of hydrogen-bond acceptors (Lipinski definition) is 5. The molecular weight excluding hydrogens is 379 g/mol. The molecule has 4 aromatic rings. The van der Waals surface area contributed by atoms with Crippen molar-refractivity contribution in [3.8, 4) is 28.3 Å². The maximum absolute atomic E-state index is 13.8. The molecule has 5 nitrogen and oxygen atoms in total. The smallest absolute Gasteiger partial charge is 0.163 e. The lowest BCUT2D eigenvalue weighted by Gasteiger charge is -2.21. The van der Waals surface area contributed by atoms with Gasteiger partial charge in [0.2, 0.25) is 0 Å². The van der Waals surface area contributed by atoms with E-state index >= 15 is 0 Å². The molecule has 1 aliphatic rings. The maximum atomic E-state index is 13.8. The van der Waals surface area contributed by atoms with E-state index in [0.717, 1.165) is 59.3 Å². The van der Waals surface area contributed by atoms with Crippen LogP contribution in [0.3, 0.4) is 0 Å². The van der Waals surface area contributed by atoms with Crippen molar-refractivity contribution in [3.05, 3.63) is 66.7 Å². The molecule has 2 aromatic carbocycles. The first-order chi connectivity index (χ1) is 14.7. The fraction of sp³-hybridized carbons (Fsp3) is 0.208. The Morgan fingerprint density at radius 2 is 1.77 bits per heavy atom. The topological polar surface area (TPSA) is 51.1 Å². The van der Waals surface area contributed by atoms with Crippen LogP contribution in [0.25, 0.3) is 33.4 Å². The molecule has 1 fully saturated rings. The molecule has 0 saturated carbocycles. The predicted octanol–water partition coefficient (Wildman–Crippen LogP) is 5.11. The molecule has 1 saturated heterocycles. The van der Waals surface area contributed by atoms with Crippen LogP contribution in [0.15, 0.2) is 60.9 Å². The summed E-state index contributed by atoms with van der Waals surface area (Å²) in [7, 11) is 1.63. The van der Waals surface area contributed by atoms with Gasteiger partial charge in [-0.05, 0) is 60.4 Å². The van der Waals surface area contributed by atoms with Gasteiger partial charge in [0.1, 0.15) is 22.9 Å². The molecule has 0 radical (unpaired) electrons. The second-order valence-corrected chi connectivity index (χ2v) is 7.39. The predicted molar refractivity (Wildman–Crippen MR) is 116 cm³/mol. The third-order valence-electron chi connectivity index (χ3n) is 5.45. The first-order valence-corrected chi connectivity index (χ1v) is 10.0. The van der Waals surface area contributed by atoms with Crippen LogP contribution in [0.2, 0.25) is 0 Å². The highest BCUT2D eigenvalue weighted by molar-refractivity contribution is 5.98. The summed E-state index contributed by atoms with van der Waals surface area (Å²) in [4.78, 5) is 16.3. The van der Waals surface area contributed by atoms with Crippen molar-refractivity contribution < 1.29 is 9.13 Å². The van der Waals surface area contributed by atoms with Crippen molar-refractivity contribution >= 4 is 16.7 Å². The van der Waals surface area contributed by atoms with E-state index < -0.39 is 0 Å². The molecule has 1 aliphatic heterocycles. The number of halogens is 1. The van der Waals surface area contributed by atoms with E-state index in [0.29, 0.717) is 11.6 Å². The van der Waals surface area contributed by atoms with Gasteiger partial charge in [-0.1, -0.05) is 12.1 Å². The maximum Gasteiger partial charge on any atom is 0.163 e. The molecule has 0 spiro atoms. The van der Waals surface area contributed by atoms with Crippen LogP contribution in [0, 0.1) is 5.82 Å². The Bertz CT molecular complexity index is 1210. The van der Waals surface area contributed by atoms with Crippen LogP contribution in [0.5, 0.6) is 5.75 Å². The number of pyridine rings is 1. The summed E-state index contributed by atoms with van der Waals surface area (Å²) in [6.45, 7) is 1.90. The van der Waals surface area contributed by atoms with Crippen LogP contribution in [-0.2, 0) is 0 Å². The van der Waals surface area contributed by atoms with Crippen molar-refractivity contribution in [2.45, 2.75) is 12.8 Å². The molecule has 0 unspecified atom stereocenters. The number of hydrogen-bond donors (Lipinski definition) is 0. The van der Waals surface area contributed by atoms with Crippen molar-refractivity contribution in [2.24, 2.45) is 0 Å². The number of rotatable bonds is 4. The second-order valence-electron chi connectivity index (χ2n) is 7.39. The summed E-state index contributed by atoms with van der Waals surface area (Å²) in [5.41, 5.74) is 3.26. The Morgan fingerprint density at radius 1 is 0.933 bits per heavy atom. The van der Waals surface area contributed by atoms with Gasteiger partial charge in [0, 0.05) is 36.4 Å². The van der Waals surface area contributed by atoms with Gasteiger partial charge < -0.3 is 9.64 Å². The highest BCUT2D eigenvalue weighted by Gasteiger charge is 2.21. The van der Waals surface area contributed by atoms with E-state index in [9.17, 15) is 4.39 Å². The average Bonchev–Trinajstić information content (AvgIpc) is 3.33. The highest BCUT2D eigenvalue weighted by atomic mass is 19.1. The Morgan fingerprint density at radius 3 is 2.50 bits per heavy atom. The number of ether oxygens (including phenoxy) is 1. The van der Waals surface area contributed by atoms with Crippen LogP contribution in [0.1, 0.15) is 12.8 Å². The monoisotopic (exact) mass is 400 g/mol. The number of aromatic nitrogens is 3. The molecule has 2 aromatic heterocycles. The summed E-state index contributed by atoms with van der Waals surface area (Å²) in [6, 6.07) is 14.4. The van der Waals surface area contributed by atoms with Gasteiger partial charge in [0.05, 0.1) is 7.11 Å². The second kappa shape index (κ2) is 7.71. The molecule has 5 rings (SSSR count). The minimum atomic E-state index is -0.269. The van der Waals surface area contributed by atoms with E-state index in [2.05, 4.69) is 9.88 Å². The van der Waals surface area contributed by atoms with Gasteiger partial charge in [0.15, 0.2) is 5.82 Å². The van der Waals surface area contributed by atoms with Crippen molar-refractivity contribution in [2.75, 3.05) is 25.1 Å². The number of anilines is 1. The summed E-state index contributed by atoms with van der Waals surface area (Å²) < 4.78 is 19.6. The van der Waals surface area contributed by atoms with E-state index in [4.69, 9.17) is 14.7 Å². The van der Waals surface area contributed by atoms with Crippen LogP contribution in [0.4, 0.5) is 10.2 Å². The lowest BCUT2D eigenvalue weighted by Crippen LogP contribution is -2.20. The van der Waals surface area contributed by atoms with E-state index in [1.807, 2.05) is 30.3 Å². The summed E-state index contributed by atoms with van der Waals surface area (Å²) in [5, 5.41) is 0.906. The fourth-order valence-electron chi connectivity index (χ4n) is 3.97. The van der Waals surface area contributed by atoms with E-state index in [1.165, 1.54) is 12.1 Å². The third-order valence-corrected chi connectivity index (χ3v) is 5.45. The SMILES string of the molecule is COc1cc(-c2cccc(F)c2)cc2c(N3CCCC3)nc(-c3cccnc3)nc12. The zero-order valence-electron chi connectivity index (χ0n) is 16.7. The van der Waals surface area contributed by atoms with E-state index in [-0.39, 0.29) is 5.82 Å².